The maximum atomic E-state index is 11.2. The van der Waals surface area contributed by atoms with Gasteiger partial charge in [-0.25, -0.2) is 9.59 Å². The van der Waals surface area contributed by atoms with Crippen molar-refractivity contribution in [1.29, 1.82) is 0 Å². The molecule has 8 heteroatoms. The van der Waals surface area contributed by atoms with Gasteiger partial charge < -0.3 is 15.5 Å². The second kappa shape index (κ2) is 6.08. The molecular weight excluding hydrogens is 292 g/mol. The van der Waals surface area contributed by atoms with Crippen molar-refractivity contribution in [3.8, 4) is 0 Å². The molecule has 0 saturated heterocycles. The first-order valence-electron chi connectivity index (χ1n) is 6.28. The lowest BCUT2D eigenvalue weighted by Gasteiger charge is -2.20. The summed E-state index contributed by atoms with van der Waals surface area (Å²) in [5.74, 6) is -2.40. The number of non-ortho nitro benzene ring substituents is 1. The predicted octanol–water partition coefficient (Wildman–Crippen LogP) is 2.04. The van der Waals surface area contributed by atoms with Crippen molar-refractivity contribution in [1.82, 2.24) is 0 Å². The van der Waals surface area contributed by atoms with E-state index in [4.69, 9.17) is 10.2 Å². The molecule has 1 aliphatic carbocycles. The molecule has 3 N–H and O–H groups in total. The number of carboxylic acids is 2. The van der Waals surface area contributed by atoms with E-state index >= 15 is 0 Å². The Morgan fingerprint density at radius 1 is 1.27 bits per heavy atom. The third-order valence-corrected chi connectivity index (χ3v) is 3.14. The zero-order valence-corrected chi connectivity index (χ0v) is 11.2. The summed E-state index contributed by atoms with van der Waals surface area (Å²) in [5.41, 5.74) is -0.404. The van der Waals surface area contributed by atoms with Crippen molar-refractivity contribution in [3.05, 3.63) is 57.7 Å². The predicted molar refractivity (Wildman–Crippen MR) is 76.9 cm³/mol. The van der Waals surface area contributed by atoms with Crippen LogP contribution < -0.4 is 5.32 Å². The van der Waals surface area contributed by atoms with Gasteiger partial charge in [0.05, 0.1) is 27.8 Å². The normalized spacial score (nSPS) is 16.7. The van der Waals surface area contributed by atoms with E-state index in [1.807, 2.05) is 0 Å². The minimum Gasteiger partial charge on any atom is -0.478 e. The maximum Gasteiger partial charge on any atom is 0.337 e. The number of aliphatic carboxylic acids is 1. The average Bonchev–Trinajstić information content (AvgIpc) is 2.47. The van der Waals surface area contributed by atoms with Crippen LogP contribution in [0.25, 0.3) is 0 Å². The minimum absolute atomic E-state index is 0.00889. The van der Waals surface area contributed by atoms with Gasteiger partial charge in [0.1, 0.15) is 0 Å². The molecule has 0 radical (unpaired) electrons. The van der Waals surface area contributed by atoms with Gasteiger partial charge in [-0.15, -0.1) is 0 Å². The van der Waals surface area contributed by atoms with E-state index in [-0.39, 0.29) is 22.5 Å². The number of nitro benzene ring substituents is 1. The summed E-state index contributed by atoms with van der Waals surface area (Å²) >= 11 is 0. The van der Waals surface area contributed by atoms with E-state index in [2.05, 4.69) is 5.32 Å². The first kappa shape index (κ1) is 15.2. The van der Waals surface area contributed by atoms with Crippen LogP contribution in [0, 0.1) is 10.1 Å². The Morgan fingerprint density at radius 2 is 2.00 bits per heavy atom. The van der Waals surface area contributed by atoms with Gasteiger partial charge in [-0.05, 0) is 12.5 Å². The first-order valence-corrected chi connectivity index (χ1v) is 6.28. The Labute approximate surface area is 124 Å². The van der Waals surface area contributed by atoms with Gasteiger partial charge in [0, 0.05) is 12.1 Å². The number of carbonyl (C=O) groups is 2. The van der Waals surface area contributed by atoms with Crippen LogP contribution in [0.15, 0.2) is 42.0 Å². The van der Waals surface area contributed by atoms with E-state index < -0.39 is 22.9 Å². The molecule has 1 atom stereocenters. The number of hydrogen-bond acceptors (Lipinski definition) is 5. The van der Waals surface area contributed by atoms with Crippen LogP contribution in [0.1, 0.15) is 16.8 Å². The largest absolute Gasteiger partial charge is 0.478 e. The number of rotatable bonds is 5. The molecule has 0 fully saturated rings. The Balaban J connectivity index is 2.40. The molecule has 0 spiro atoms. The number of benzene rings is 1. The molecule has 114 valence electrons. The standard InChI is InChI=1S/C14H12N2O6/c17-13(18)9-3-1-2-4-11(9)15-12-7-8(16(21)22)5-6-10(12)14(19)20/h2-7,11,15H,1H2,(H,17,18)(H,19,20)/t11-/m1/s1. The number of nitro groups is 1. The van der Waals surface area contributed by atoms with Crippen molar-refractivity contribution >= 4 is 23.3 Å². The molecule has 22 heavy (non-hydrogen) atoms. The molecule has 0 aromatic heterocycles. The summed E-state index contributed by atoms with van der Waals surface area (Å²) < 4.78 is 0. The van der Waals surface area contributed by atoms with Gasteiger partial charge >= 0.3 is 11.9 Å². The Kier molecular flexibility index (Phi) is 4.21. The van der Waals surface area contributed by atoms with Crippen molar-refractivity contribution < 1.29 is 24.7 Å². The van der Waals surface area contributed by atoms with Gasteiger partial charge in [0.15, 0.2) is 0 Å². The summed E-state index contributed by atoms with van der Waals surface area (Å²) in [7, 11) is 0. The molecule has 8 nitrogen and oxygen atoms in total. The lowest BCUT2D eigenvalue weighted by Crippen LogP contribution is -2.27. The van der Waals surface area contributed by atoms with Crippen molar-refractivity contribution in [2.24, 2.45) is 0 Å². The van der Waals surface area contributed by atoms with Crippen LogP contribution >= 0.6 is 0 Å². The van der Waals surface area contributed by atoms with E-state index in [9.17, 15) is 19.7 Å². The molecular formula is C14H12N2O6. The fourth-order valence-electron chi connectivity index (χ4n) is 2.11. The van der Waals surface area contributed by atoms with E-state index in [0.29, 0.717) is 6.42 Å². The lowest BCUT2D eigenvalue weighted by atomic mass is 9.99. The van der Waals surface area contributed by atoms with Crippen LogP contribution in [-0.2, 0) is 4.79 Å². The average molecular weight is 304 g/mol. The zero-order chi connectivity index (χ0) is 16.3. The molecule has 1 aromatic carbocycles. The second-order valence-electron chi connectivity index (χ2n) is 4.54. The number of anilines is 1. The third-order valence-electron chi connectivity index (χ3n) is 3.14. The van der Waals surface area contributed by atoms with Crippen LogP contribution in [0.4, 0.5) is 11.4 Å². The topological polar surface area (TPSA) is 130 Å². The molecule has 0 heterocycles. The summed E-state index contributed by atoms with van der Waals surface area (Å²) in [4.78, 5) is 32.5. The third kappa shape index (κ3) is 3.11. The van der Waals surface area contributed by atoms with Gasteiger partial charge in [-0.2, -0.15) is 0 Å². The van der Waals surface area contributed by atoms with Crippen LogP contribution in [-0.4, -0.2) is 33.1 Å². The summed E-state index contributed by atoms with van der Waals surface area (Å²) in [6.07, 6.45) is 5.26. The highest BCUT2D eigenvalue weighted by atomic mass is 16.6. The monoisotopic (exact) mass is 304 g/mol. The molecule has 2 rings (SSSR count). The number of carboxylic acid groups (broad SMARTS) is 2. The van der Waals surface area contributed by atoms with Crippen LogP contribution in [0.2, 0.25) is 0 Å². The Hall–Kier alpha value is -3.16. The summed E-state index contributed by atoms with van der Waals surface area (Å²) in [6, 6.07) is 2.51. The number of allylic oxidation sites excluding steroid dienone is 2. The van der Waals surface area contributed by atoms with Gasteiger partial charge in [-0.3, -0.25) is 10.1 Å². The number of hydrogen-bond donors (Lipinski definition) is 3. The van der Waals surface area contributed by atoms with Crippen LogP contribution in [0.3, 0.4) is 0 Å². The summed E-state index contributed by atoms with van der Waals surface area (Å²) in [5, 5.41) is 31.8. The molecule has 0 amide bonds. The fourth-order valence-corrected chi connectivity index (χ4v) is 2.11. The number of nitrogens with one attached hydrogen (secondary N) is 1. The summed E-state index contributed by atoms with van der Waals surface area (Å²) in [6.45, 7) is 0. The Bertz CT molecular complexity index is 707. The SMILES string of the molecule is O=C(O)C1=CCC=C[C@H]1Nc1cc([N+](=O)[O-])ccc1C(=O)O. The molecule has 0 unspecified atom stereocenters. The molecule has 0 aliphatic heterocycles. The highest BCUT2D eigenvalue weighted by Crippen LogP contribution is 2.26. The first-order chi connectivity index (χ1) is 10.4. The molecule has 0 bridgehead atoms. The zero-order valence-electron chi connectivity index (χ0n) is 11.2. The van der Waals surface area contributed by atoms with Gasteiger partial charge in [-0.1, -0.05) is 18.2 Å². The van der Waals surface area contributed by atoms with Gasteiger partial charge in [0.2, 0.25) is 0 Å². The van der Waals surface area contributed by atoms with E-state index in [0.717, 1.165) is 18.2 Å². The molecule has 1 aliphatic rings. The molecule has 0 saturated carbocycles. The van der Waals surface area contributed by atoms with Gasteiger partial charge in [0.25, 0.3) is 5.69 Å². The quantitative estimate of drug-likeness (QED) is 0.431. The fraction of sp³-hybridized carbons (Fsp3) is 0.143. The molecule has 1 aromatic rings. The number of nitrogens with zero attached hydrogens (tertiary/aromatic N) is 1. The van der Waals surface area contributed by atoms with Crippen molar-refractivity contribution in [3.63, 3.8) is 0 Å². The maximum absolute atomic E-state index is 11.2. The van der Waals surface area contributed by atoms with Crippen molar-refractivity contribution in [2.45, 2.75) is 12.5 Å². The van der Waals surface area contributed by atoms with Crippen LogP contribution in [0.5, 0.6) is 0 Å². The number of aromatic carboxylic acids is 1. The van der Waals surface area contributed by atoms with Crippen molar-refractivity contribution in [2.75, 3.05) is 5.32 Å². The smallest absolute Gasteiger partial charge is 0.337 e. The van der Waals surface area contributed by atoms with E-state index in [1.165, 1.54) is 6.08 Å². The minimum atomic E-state index is -1.27. The lowest BCUT2D eigenvalue weighted by molar-refractivity contribution is -0.384. The Morgan fingerprint density at radius 3 is 2.59 bits per heavy atom. The highest BCUT2D eigenvalue weighted by molar-refractivity contribution is 5.96. The highest BCUT2D eigenvalue weighted by Gasteiger charge is 2.23. The second-order valence-corrected chi connectivity index (χ2v) is 4.54. The van der Waals surface area contributed by atoms with E-state index in [1.54, 1.807) is 12.2 Å².